The van der Waals surface area contributed by atoms with Gasteiger partial charge in [-0.3, -0.25) is 4.79 Å². The summed E-state index contributed by atoms with van der Waals surface area (Å²) in [6, 6.07) is 9.56. The zero-order valence-electron chi connectivity index (χ0n) is 8.14. The fourth-order valence-corrected chi connectivity index (χ4v) is 1.29. The highest BCUT2D eigenvalue weighted by atomic mass is 16.5. The third-order valence-corrected chi connectivity index (χ3v) is 2.08. The quantitative estimate of drug-likeness (QED) is 0.728. The summed E-state index contributed by atoms with van der Waals surface area (Å²) >= 11 is 0. The molecule has 0 bridgehead atoms. The van der Waals surface area contributed by atoms with Gasteiger partial charge in [0.2, 0.25) is 0 Å². The van der Waals surface area contributed by atoms with Crippen LogP contribution in [-0.2, 0) is 16.0 Å². The van der Waals surface area contributed by atoms with E-state index >= 15 is 0 Å². The van der Waals surface area contributed by atoms with Gasteiger partial charge in [0.1, 0.15) is 0 Å². The largest absolute Gasteiger partial charge is 0.469 e. The number of aliphatic hydroxyl groups is 1. The zero-order valence-corrected chi connectivity index (χ0v) is 8.14. The molecule has 76 valence electrons. The van der Waals surface area contributed by atoms with Crippen molar-refractivity contribution in [2.24, 2.45) is 5.92 Å². The van der Waals surface area contributed by atoms with E-state index in [1.54, 1.807) is 0 Å². The predicted molar refractivity (Wildman–Crippen MR) is 52.7 cm³/mol. The van der Waals surface area contributed by atoms with Crippen LogP contribution >= 0.6 is 0 Å². The molecule has 14 heavy (non-hydrogen) atoms. The van der Waals surface area contributed by atoms with E-state index in [-0.39, 0.29) is 12.6 Å². The van der Waals surface area contributed by atoms with Gasteiger partial charge in [0.25, 0.3) is 0 Å². The van der Waals surface area contributed by atoms with Crippen LogP contribution in [-0.4, -0.2) is 24.8 Å². The average Bonchev–Trinajstić information content (AvgIpc) is 2.26. The van der Waals surface area contributed by atoms with E-state index in [4.69, 9.17) is 5.11 Å². The lowest BCUT2D eigenvalue weighted by Crippen LogP contribution is -2.22. The number of ether oxygens (including phenoxy) is 1. The van der Waals surface area contributed by atoms with Crippen LogP contribution in [0.25, 0.3) is 0 Å². The van der Waals surface area contributed by atoms with Crippen molar-refractivity contribution in [3.05, 3.63) is 35.9 Å². The Bertz CT molecular complexity index is 282. The van der Waals surface area contributed by atoms with Crippen molar-refractivity contribution >= 4 is 5.97 Å². The Labute approximate surface area is 83.3 Å². The molecule has 0 unspecified atom stereocenters. The fraction of sp³-hybridized carbons (Fsp3) is 0.364. The Balaban J connectivity index is 2.62. The normalized spacial score (nSPS) is 12.1. The summed E-state index contributed by atoms with van der Waals surface area (Å²) in [6.45, 7) is -0.179. The van der Waals surface area contributed by atoms with Gasteiger partial charge in [0, 0.05) is 0 Å². The van der Waals surface area contributed by atoms with Crippen molar-refractivity contribution in [3.63, 3.8) is 0 Å². The molecule has 0 saturated heterocycles. The van der Waals surface area contributed by atoms with Crippen LogP contribution in [0.15, 0.2) is 30.3 Å². The second kappa shape index (κ2) is 5.40. The standard InChI is InChI=1S/C11H14O3/c1-14-11(13)10(8-12)7-9-5-3-2-4-6-9/h2-6,10,12H,7-8H2,1H3/t10-/m0/s1. The van der Waals surface area contributed by atoms with E-state index in [1.165, 1.54) is 7.11 Å². The van der Waals surface area contributed by atoms with Gasteiger partial charge in [0.15, 0.2) is 0 Å². The van der Waals surface area contributed by atoms with Crippen LogP contribution in [0, 0.1) is 5.92 Å². The molecule has 0 aliphatic rings. The van der Waals surface area contributed by atoms with E-state index in [0.29, 0.717) is 6.42 Å². The highest BCUT2D eigenvalue weighted by Gasteiger charge is 2.17. The highest BCUT2D eigenvalue weighted by Crippen LogP contribution is 2.09. The Morgan fingerprint density at radius 1 is 1.43 bits per heavy atom. The summed E-state index contributed by atoms with van der Waals surface area (Å²) in [6.07, 6.45) is 0.518. The maximum absolute atomic E-state index is 11.2. The number of aliphatic hydroxyl groups excluding tert-OH is 1. The van der Waals surface area contributed by atoms with E-state index in [9.17, 15) is 4.79 Å². The molecule has 0 aliphatic carbocycles. The summed E-state index contributed by atoms with van der Waals surface area (Å²) in [5.41, 5.74) is 1.02. The van der Waals surface area contributed by atoms with Crippen molar-refractivity contribution in [2.75, 3.05) is 13.7 Å². The Kier molecular flexibility index (Phi) is 4.13. The molecule has 0 saturated carbocycles. The number of carbonyl (C=O) groups is 1. The Hall–Kier alpha value is -1.35. The average molecular weight is 194 g/mol. The van der Waals surface area contributed by atoms with Crippen molar-refractivity contribution in [2.45, 2.75) is 6.42 Å². The summed E-state index contributed by atoms with van der Waals surface area (Å²) in [5.74, 6) is -0.821. The molecule has 0 radical (unpaired) electrons. The third kappa shape index (κ3) is 2.85. The molecular formula is C11H14O3. The van der Waals surface area contributed by atoms with Gasteiger partial charge in [-0.1, -0.05) is 30.3 Å². The van der Waals surface area contributed by atoms with Crippen molar-refractivity contribution < 1.29 is 14.6 Å². The molecule has 1 N–H and O–H groups in total. The van der Waals surface area contributed by atoms with Crippen LogP contribution in [0.1, 0.15) is 5.56 Å². The third-order valence-electron chi connectivity index (χ3n) is 2.08. The molecule has 1 aromatic carbocycles. The van der Waals surface area contributed by atoms with Crippen LogP contribution in [0.4, 0.5) is 0 Å². The molecule has 0 amide bonds. The molecule has 0 aliphatic heterocycles. The molecule has 0 fully saturated rings. The first-order valence-electron chi connectivity index (χ1n) is 4.50. The molecule has 1 aromatic rings. The monoisotopic (exact) mass is 194 g/mol. The van der Waals surface area contributed by atoms with Crippen LogP contribution in [0.3, 0.4) is 0 Å². The van der Waals surface area contributed by atoms with E-state index in [2.05, 4.69) is 4.74 Å². The van der Waals surface area contributed by atoms with Crippen LogP contribution in [0.5, 0.6) is 0 Å². The topological polar surface area (TPSA) is 46.5 Å². The van der Waals surface area contributed by atoms with Gasteiger partial charge in [-0.15, -0.1) is 0 Å². The SMILES string of the molecule is COC(=O)[C@H](CO)Cc1ccccc1. The molecular weight excluding hydrogens is 180 g/mol. The molecule has 3 heteroatoms. The lowest BCUT2D eigenvalue weighted by molar-refractivity contribution is -0.146. The van der Waals surface area contributed by atoms with Crippen molar-refractivity contribution in [1.29, 1.82) is 0 Å². The summed E-state index contributed by atoms with van der Waals surface area (Å²) in [7, 11) is 1.33. The first-order valence-corrected chi connectivity index (χ1v) is 4.50. The first kappa shape index (κ1) is 10.7. The molecule has 0 spiro atoms. The highest BCUT2D eigenvalue weighted by molar-refractivity contribution is 5.72. The lowest BCUT2D eigenvalue weighted by atomic mass is 10.0. The molecule has 0 aromatic heterocycles. The number of rotatable bonds is 4. The number of esters is 1. The van der Waals surface area contributed by atoms with E-state index in [1.807, 2.05) is 30.3 Å². The number of hydrogen-bond donors (Lipinski definition) is 1. The zero-order chi connectivity index (χ0) is 10.4. The number of methoxy groups -OCH3 is 1. The van der Waals surface area contributed by atoms with Gasteiger partial charge in [-0.25, -0.2) is 0 Å². The number of carbonyl (C=O) groups excluding carboxylic acids is 1. The number of benzene rings is 1. The summed E-state index contributed by atoms with van der Waals surface area (Å²) in [5, 5.41) is 8.99. The predicted octanol–water partition coefficient (Wildman–Crippen LogP) is 1.01. The summed E-state index contributed by atoms with van der Waals surface area (Å²) in [4.78, 5) is 11.2. The molecule has 3 nitrogen and oxygen atoms in total. The van der Waals surface area contributed by atoms with Gasteiger partial charge in [-0.2, -0.15) is 0 Å². The fourth-order valence-electron chi connectivity index (χ4n) is 1.29. The second-order valence-corrected chi connectivity index (χ2v) is 3.09. The summed E-state index contributed by atoms with van der Waals surface area (Å²) < 4.78 is 4.58. The lowest BCUT2D eigenvalue weighted by Gasteiger charge is -2.11. The van der Waals surface area contributed by atoms with Crippen molar-refractivity contribution in [1.82, 2.24) is 0 Å². The minimum absolute atomic E-state index is 0.179. The van der Waals surface area contributed by atoms with Crippen LogP contribution in [0.2, 0.25) is 0 Å². The second-order valence-electron chi connectivity index (χ2n) is 3.09. The Morgan fingerprint density at radius 3 is 2.57 bits per heavy atom. The van der Waals surface area contributed by atoms with E-state index < -0.39 is 5.92 Å². The molecule has 1 atom stereocenters. The van der Waals surface area contributed by atoms with Gasteiger partial charge in [-0.05, 0) is 12.0 Å². The van der Waals surface area contributed by atoms with Gasteiger partial charge in [0.05, 0.1) is 19.6 Å². The number of hydrogen-bond acceptors (Lipinski definition) is 3. The van der Waals surface area contributed by atoms with Gasteiger partial charge >= 0.3 is 5.97 Å². The maximum Gasteiger partial charge on any atom is 0.311 e. The first-order chi connectivity index (χ1) is 6.77. The minimum atomic E-state index is -0.456. The molecule has 0 heterocycles. The Morgan fingerprint density at radius 2 is 2.07 bits per heavy atom. The van der Waals surface area contributed by atoms with E-state index in [0.717, 1.165) is 5.56 Å². The van der Waals surface area contributed by atoms with Gasteiger partial charge < -0.3 is 9.84 Å². The maximum atomic E-state index is 11.2. The van der Waals surface area contributed by atoms with Crippen molar-refractivity contribution in [3.8, 4) is 0 Å². The van der Waals surface area contributed by atoms with Crippen LogP contribution < -0.4 is 0 Å². The minimum Gasteiger partial charge on any atom is -0.469 e. The smallest absolute Gasteiger partial charge is 0.311 e. The molecule has 1 rings (SSSR count).